The Balaban J connectivity index is 1.73. The number of carbonyl (C=O) groups excluding carboxylic acids is 1. The van der Waals surface area contributed by atoms with Crippen LogP contribution in [0.1, 0.15) is 21.5 Å². The lowest BCUT2D eigenvalue weighted by Gasteiger charge is -2.04. The van der Waals surface area contributed by atoms with Crippen molar-refractivity contribution in [2.45, 2.75) is 18.5 Å². The molecular formula is C17H16FN3OS2. The van der Waals surface area contributed by atoms with Crippen LogP contribution in [-0.2, 0) is 13.5 Å². The highest BCUT2D eigenvalue weighted by Crippen LogP contribution is 2.26. The molecule has 1 aromatic carbocycles. The van der Waals surface area contributed by atoms with Crippen LogP contribution in [0.4, 0.5) is 4.39 Å². The maximum Gasteiger partial charge on any atom is 0.191 e. The number of thioether (sulfide) groups is 1. The molecule has 3 rings (SSSR count). The van der Waals surface area contributed by atoms with Crippen LogP contribution in [0.15, 0.2) is 41.6 Å². The third-order valence-corrected chi connectivity index (χ3v) is 5.86. The zero-order chi connectivity index (χ0) is 17.1. The summed E-state index contributed by atoms with van der Waals surface area (Å²) < 4.78 is 15.6. The second-order valence-electron chi connectivity index (χ2n) is 5.18. The fraction of sp³-hybridized carbons (Fsp3) is 0.235. The predicted molar refractivity (Wildman–Crippen MR) is 95.1 cm³/mol. The first-order chi connectivity index (χ1) is 11.6. The van der Waals surface area contributed by atoms with E-state index in [1.807, 2.05) is 12.1 Å². The maximum atomic E-state index is 13.9. The standard InChI is InChI=1S/C17H16FN3OS2/c1-3-11-8-9-15(24-11)14(22)10-23-17-20-19-16(21(17)2)12-6-4-5-7-13(12)18/h4-9H,3,10H2,1-2H3. The molecule has 0 aliphatic rings. The highest BCUT2D eigenvalue weighted by atomic mass is 32.2. The van der Waals surface area contributed by atoms with Gasteiger partial charge in [0, 0.05) is 11.9 Å². The summed E-state index contributed by atoms with van der Waals surface area (Å²) in [4.78, 5) is 14.2. The number of nitrogens with zero attached hydrogens (tertiary/aromatic N) is 3. The van der Waals surface area contributed by atoms with Gasteiger partial charge in [-0.25, -0.2) is 4.39 Å². The van der Waals surface area contributed by atoms with E-state index in [1.165, 1.54) is 34.0 Å². The SMILES string of the molecule is CCc1ccc(C(=O)CSc2nnc(-c3ccccc3F)n2C)s1. The second-order valence-corrected chi connectivity index (χ2v) is 7.29. The van der Waals surface area contributed by atoms with Gasteiger partial charge < -0.3 is 4.57 Å². The molecule has 0 aliphatic heterocycles. The highest BCUT2D eigenvalue weighted by Gasteiger charge is 2.16. The van der Waals surface area contributed by atoms with Crippen LogP contribution < -0.4 is 0 Å². The summed E-state index contributed by atoms with van der Waals surface area (Å²) >= 11 is 2.84. The van der Waals surface area contributed by atoms with Gasteiger partial charge in [0.15, 0.2) is 16.8 Å². The van der Waals surface area contributed by atoms with Gasteiger partial charge in [-0.1, -0.05) is 30.8 Å². The number of aromatic nitrogens is 3. The molecule has 3 aromatic rings. The molecule has 124 valence electrons. The van der Waals surface area contributed by atoms with Crippen LogP contribution in [0, 0.1) is 5.82 Å². The van der Waals surface area contributed by atoms with Crippen molar-refractivity contribution in [3.63, 3.8) is 0 Å². The Hall–Kier alpha value is -1.99. The third-order valence-electron chi connectivity index (χ3n) is 3.57. The van der Waals surface area contributed by atoms with Crippen molar-refractivity contribution in [1.82, 2.24) is 14.8 Å². The van der Waals surface area contributed by atoms with Gasteiger partial charge in [0.1, 0.15) is 5.82 Å². The van der Waals surface area contributed by atoms with Crippen molar-refractivity contribution < 1.29 is 9.18 Å². The molecule has 7 heteroatoms. The van der Waals surface area contributed by atoms with Gasteiger partial charge in [-0.15, -0.1) is 21.5 Å². The Bertz CT molecular complexity index is 872. The van der Waals surface area contributed by atoms with Gasteiger partial charge in [-0.05, 0) is 30.7 Å². The summed E-state index contributed by atoms with van der Waals surface area (Å²) in [5.74, 6) is 0.464. The van der Waals surface area contributed by atoms with E-state index in [0.29, 0.717) is 16.5 Å². The maximum absolute atomic E-state index is 13.9. The summed E-state index contributed by atoms with van der Waals surface area (Å²) in [7, 11) is 1.77. The second kappa shape index (κ2) is 7.27. The number of benzene rings is 1. The smallest absolute Gasteiger partial charge is 0.191 e. The van der Waals surface area contributed by atoms with E-state index in [0.717, 1.165) is 11.3 Å². The lowest BCUT2D eigenvalue weighted by Crippen LogP contribution is -2.02. The lowest BCUT2D eigenvalue weighted by molar-refractivity contribution is 0.102. The number of ketones is 1. The molecule has 2 heterocycles. The van der Waals surface area contributed by atoms with Crippen LogP contribution >= 0.6 is 23.1 Å². The first-order valence-corrected chi connectivity index (χ1v) is 9.29. The fourth-order valence-electron chi connectivity index (χ4n) is 2.24. The average Bonchev–Trinajstić information content (AvgIpc) is 3.20. The highest BCUT2D eigenvalue weighted by molar-refractivity contribution is 7.99. The number of hydrogen-bond donors (Lipinski definition) is 0. The fourth-order valence-corrected chi connectivity index (χ4v) is 4.01. The normalized spacial score (nSPS) is 11.0. The van der Waals surface area contributed by atoms with Gasteiger partial charge in [0.2, 0.25) is 0 Å². The van der Waals surface area contributed by atoms with Gasteiger partial charge in [0.05, 0.1) is 16.2 Å². The minimum Gasteiger partial charge on any atom is -0.305 e. The van der Waals surface area contributed by atoms with Gasteiger partial charge >= 0.3 is 0 Å². The van der Waals surface area contributed by atoms with Gasteiger partial charge in [0.25, 0.3) is 0 Å². The van der Waals surface area contributed by atoms with Gasteiger partial charge in [-0.3, -0.25) is 4.79 Å². The first-order valence-electron chi connectivity index (χ1n) is 7.49. The molecule has 0 spiro atoms. The number of carbonyl (C=O) groups is 1. The molecule has 0 amide bonds. The van der Waals surface area contributed by atoms with Crippen molar-refractivity contribution in [3.05, 3.63) is 52.0 Å². The van der Waals surface area contributed by atoms with Crippen molar-refractivity contribution in [1.29, 1.82) is 0 Å². The summed E-state index contributed by atoms with van der Waals surface area (Å²) in [6.45, 7) is 2.07. The molecule has 0 N–H and O–H groups in total. The Labute approximate surface area is 147 Å². The topological polar surface area (TPSA) is 47.8 Å². The van der Waals surface area contributed by atoms with E-state index >= 15 is 0 Å². The lowest BCUT2D eigenvalue weighted by atomic mass is 10.2. The van der Waals surface area contributed by atoms with E-state index in [4.69, 9.17) is 0 Å². The Morgan fingerprint density at radius 2 is 2.04 bits per heavy atom. The molecule has 0 aliphatic carbocycles. The Morgan fingerprint density at radius 1 is 1.25 bits per heavy atom. The Morgan fingerprint density at radius 3 is 2.75 bits per heavy atom. The summed E-state index contributed by atoms with van der Waals surface area (Å²) in [6, 6.07) is 10.3. The van der Waals surface area contributed by atoms with E-state index in [2.05, 4.69) is 17.1 Å². The molecule has 0 unspecified atom stereocenters. The summed E-state index contributed by atoms with van der Waals surface area (Å²) in [6.07, 6.45) is 0.931. The molecule has 0 atom stereocenters. The molecule has 0 saturated carbocycles. The summed E-state index contributed by atoms with van der Waals surface area (Å²) in [5, 5.41) is 8.73. The largest absolute Gasteiger partial charge is 0.305 e. The molecular weight excluding hydrogens is 345 g/mol. The zero-order valence-electron chi connectivity index (χ0n) is 13.3. The van der Waals surface area contributed by atoms with Crippen LogP contribution in [0.25, 0.3) is 11.4 Å². The number of hydrogen-bond acceptors (Lipinski definition) is 5. The van der Waals surface area contributed by atoms with Crippen LogP contribution in [0.3, 0.4) is 0 Å². The molecule has 0 saturated heterocycles. The molecule has 0 radical (unpaired) electrons. The van der Waals surface area contributed by atoms with E-state index in [-0.39, 0.29) is 17.4 Å². The van der Waals surface area contributed by atoms with Gasteiger partial charge in [-0.2, -0.15) is 0 Å². The molecule has 0 bridgehead atoms. The monoisotopic (exact) mass is 361 g/mol. The Kier molecular flexibility index (Phi) is 5.11. The van der Waals surface area contributed by atoms with Crippen molar-refractivity contribution in [2.75, 3.05) is 5.75 Å². The van der Waals surface area contributed by atoms with E-state index in [9.17, 15) is 9.18 Å². The van der Waals surface area contributed by atoms with Crippen molar-refractivity contribution >= 4 is 28.9 Å². The van der Waals surface area contributed by atoms with E-state index < -0.39 is 0 Å². The van der Waals surface area contributed by atoms with Crippen molar-refractivity contribution in [2.24, 2.45) is 7.05 Å². The summed E-state index contributed by atoms with van der Waals surface area (Å²) in [5.41, 5.74) is 0.400. The molecule has 2 aromatic heterocycles. The minimum absolute atomic E-state index is 0.0696. The third kappa shape index (κ3) is 3.42. The van der Waals surface area contributed by atoms with Crippen LogP contribution in [0.5, 0.6) is 0 Å². The quantitative estimate of drug-likeness (QED) is 0.487. The zero-order valence-corrected chi connectivity index (χ0v) is 15.0. The van der Waals surface area contributed by atoms with Crippen LogP contribution in [0.2, 0.25) is 0 Å². The predicted octanol–water partition coefficient (Wildman–Crippen LogP) is 4.22. The van der Waals surface area contributed by atoms with Crippen molar-refractivity contribution in [3.8, 4) is 11.4 Å². The molecule has 4 nitrogen and oxygen atoms in total. The number of halogens is 1. The minimum atomic E-state index is -0.341. The van der Waals surface area contributed by atoms with E-state index in [1.54, 1.807) is 29.8 Å². The molecule has 24 heavy (non-hydrogen) atoms. The first kappa shape index (κ1) is 16.9. The van der Waals surface area contributed by atoms with Crippen LogP contribution in [-0.4, -0.2) is 26.3 Å². The molecule has 0 fully saturated rings. The number of rotatable bonds is 6. The number of thiophene rings is 1. The number of Topliss-reactive ketones (excluding diaryl/α,β-unsaturated/α-hetero) is 1. The number of aryl methyl sites for hydroxylation is 1. The average molecular weight is 361 g/mol.